The van der Waals surface area contributed by atoms with Gasteiger partial charge in [-0.25, -0.2) is 0 Å². The van der Waals surface area contributed by atoms with Crippen LogP contribution in [0.3, 0.4) is 0 Å². The lowest BCUT2D eigenvalue weighted by atomic mass is 9.83. The Labute approximate surface area is 138 Å². The summed E-state index contributed by atoms with van der Waals surface area (Å²) in [5, 5.41) is 0. The van der Waals surface area contributed by atoms with Crippen molar-refractivity contribution in [3.63, 3.8) is 0 Å². The molecule has 0 N–H and O–H groups in total. The van der Waals surface area contributed by atoms with Crippen molar-refractivity contribution < 1.29 is 9.53 Å². The molecule has 0 heterocycles. The summed E-state index contributed by atoms with van der Waals surface area (Å²) < 4.78 is 5.20. The highest BCUT2D eigenvalue weighted by atomic mass is 16.5. The van der Waals surface area contributed by atoms with E-state index >= 15 is 0 Å². The number of hydrogen-bond acceptors (Lipinski definition) is 2. The Hall–Kier alpha value is -2.29. The number of amides is 1. The number of rotatable bonds is 5. The van der Waals surface area contributed by atoms with Crippen LogP contribution < -0.4 is 9.64 Å². The van der Waals surface area contributed by atoms with Crippen molar-refractivity contribution in [1.82, 2.24) is 0 Å². The van der Waals surface area contributed by atoms with Crippen LogP contribution in [0.4, 0.5) is 5.69 Å². The van der Waals surface area contributed by atoms with Gasteiger partial charge >= 0.3 is 0 Å². The lowest BCUT2D eigenvalue weighted by molar-refractivity contribution is -0.123. The molecular formula is C20H25NO2. The van der Waals surface area contributed by atoms with Crippen molar-refractivity contribution in [1.29, 1.82) is 0 Å². The molecule has 1 amide bonds. The van der Waals surface area contributed by atoms with Gasteiger partial charge in [0.1, 0.15) is 5.75 Å². The Kier molecular flexibility index (Phi) is 5.09. The van der Waals surface area contributed by atoms with E-state index in [1.54, 1.807) is 7.11 Å². The molecule has 2 rings (SSSR count). The van der Waals surface area contributed by atoms with E-state index in [1.807, 2.05) is 81.1 Å². The Morgan fingerprint density at radius 3 is 2.30 bits per heavy atom. The molecule has 0 atom stereocenters. The second-order valence-electron chi connectivity index (χ2n) is 6.24. The molecule has 0 spiro atoms. The second-order valence-corrected chi connectivity index (χ2v) is 6.24. The monoisotopic (exact) mass is 311 g/mol. The highest BCUT2D eigenvalue weighted by molar-refractivity contribution is 6.00. The van der Waals surface area contributed by atoms with Crippen LogP contribution in [0.25, 0.3) is 0 Å². The third-order valence-electron chi connectivity index (χ3n) is 4.22. The fourth-order valence-corrected chi connectivity index (χ4v) is 2.71. The van der Waals surface area contributed by atoms with Gasteiger partial charge in [-0.3, -0.25) is 4.79 Å². The second kappa shape index (κ2) is 6.86. The number of aryl methyl sites for hydroxylation is 1. The van der Waals surface area contributed by atoms with E-state index in [9.17, 15) is 4.79 Å². The quantitative estimate of drug-likeness (QED) is 0.822. The summed E-state index contributed by atoms with van der Waals surface area (Å²) in [6.07, 6.45) is 0. The molecule has 0 saturated carbocycles. The molecule has 3 heteroatoms. The Morgan fingerprint density at radius 1 is 1.13 bits per heavy atom. The molecule has 0 aromatic heterocycles. The number of carbonyl (C=O) groups excluding carboxylic acids is 1. The van der Waals surface area contributed by atoms with E-state index in [1.165, 1.54) is 0 Å². The van der Waals surface area contributed by atoms with Gasteiger partial charge in [-0.05, 0) is 63.1 Å². The number of anilines is 1. The smallest absolute Gasteiger partial charge is 0.237 e. The Balaban J connectivity index is 2.34. The van der Waals surface area contributed by atoms with Gasteiger partial charge in [0.15, 0.2) is 0 Å². The number of benzene rings is 2. The maximum atomic E-state index is 13.2. The molecule has 3 nitrogen and oxygen atoms in total. The minimum atomic E-state index is -0.605. The van der Waals surface area contributed by atoms with Gasteiger partial charge in [-0.15, -0.1) is 0 Å². The van der Waals surface area contributed by atoms with Crippen LogP contribution >= 0.6 is 0 Å². The first-order chi connectivity index (χ1) is 10.9. The molecule has 0 aliphatic carbocycles. The molecule has 2 aromatic carbocycles. The number of ether oxygens (including phenoxy) is 1. The fraction of sp³-hybridized carbons (Fsp3) is 0.350. The summed E-state index contributed by atoms with van der Waals surface area (Å²) in [4.78, 5) is 15.0. The summed E-state index contributed by atoms with van der Waals surface area (Å²) in [7, 11) is 1.64. The van der Waals surface area contributed by atoms with Crippen molar-refractivity contribution in [3.8, 4) is 5.75 Å². The van der Waals surface area contributed by atoms with E-state index in [-0.39, 0.29) is 5.91 Å². The van der Waals surface area contributed by atoms with Gasteiger partial charge in [0.2, 0.25) is 5.91 Å². The minimum Gasteiger partial charge on any atom is -0.497 e. The van der Waals surface area contributed by atoms with Crippen LogP contribution in [0, 0.1) is 6.92 Å². The molecule has 0 bridgehead atoms. The Morgan fingerprint density at radius 2 is 1.78 bits per heavy atom. The number of hydrogen-bond donors (Lipinski definition) is 0. The van der Waals surface area contributed by atoms with E-state index in [4.69, 9.17) is 4.74 Å². The largest absolute Gasteiger partial charge is 0.497 e. The molecule has 0 saturated heterocycles. The summed E-state index contributed by atoms with van der Waals surface area (Å²) in [6, 6.07) is 15.8. The summed E-state index contributed by atoms with van der Waals surface area (Å²) in [5.74, 6) is 0.888. The van der Waals surface area contributed by atoms with Crippen molar-refractivity contribution in [2.75, 3.05) is 18.6 Å². The highest BCUT2D eigenvalue weighted by Gasteiger charge is 2.34. The lowest BCUT2D eigenvalue weighted by Gasteiger charge is -2.32. The molecule has 23 heavy (non-hydrogen) atoms. The van der Waals surface area contributed by atoms with Gasteiger partial charge < -0.3 is 9.64 Å². The fourth-order valence-electron chi connectivity index (χ4n) is 2.71. The topological polar surface area (TPSA) is 29.5 Å². The third kappa shape index (κ3) is 3.55. The molecule has 0 aliphatic rings. The number of nitrogens with zero attached hydrogens (tertiary/aromatic N) is 1. The minimum absolute atomic E-state index is 0.0933. The average Bonchev–Trinajstić information content (AvgIpc) is 2.55. The van der Waals surface area contributed by atoms with Crippen LogP contribution in [0.1, 0.15) is 31.9 Å². The molecule has 0 unspecified atom stereocenters. The summed E-state index contributed by atoms with van der Waals surface area (Å²) >= 11 is 0. The molecule has 0 aliphatic heterocycles. The van der Waals surface area contributed by atoms with Crippen LogP contribution in [0.2, 0.25) is 0 Å². The number of likely N-dealkylation sites (N-methyl/N-ethyl adjacent to an activating group) is 1. The maximum absolute atomic E-state index is 13.2. The SMILES string of the molecule is CCN(C(=O)C(C)(C)c1ccc(OC)cc1)c1cccc(C)c1. The van der Waals surface area contributed by atoms with Gasteiger partial charge in [0, 0.05) is 12.2 Å². The summed E-state index contributed by atoms with van der Waals surface area (Å²) in [5.41, 5.74) is 2.47. The van der Waals surface area contributed by atoms with Gasteiger partial charge in [0.25, 0.3) is 0 Å². The van der Waals surface area contributed by atoms with Crippen LogP contribution in [-0.4, -0.2) is 19.6 Å². The molecule has 122 valence electrons. The predicted octanol–water partition coefficient (Wildman–Crippen LogP) is 4.33. The van der Waals surface area contributed by atoms with E-state index in [0.29, 0.717) is 6.54 Å². The van der Waals surface area contributed by atoms with Crippen molar-refractivity contribution in [2.24, 2.45) is 0 Å². The van der Waals surface area contributed by atoms with Crippen molar-refractivity contribution in [3.05, 3.63) is 59.7 Å². The van der Waals surface area contributed by atoms with Crippen LogP contribution in [0.5, 0.6) is 5.75 Å². The number of methoxy groups -OCH3 is 1. The third-order valence-corrected chi connectivity index (χ3v) is 4.22. The molecular weight excluding hydrogens is 286 g/mol. The molecule has 0 fully saturated rings. The van der Waals surface area contributed by atoms with Gasteiger partial charge in [-0.1, -0.05) is 24.3 Å². The van der Waals surface area contributed by atoms with E-state index < -0.39 is 5.41 Å². The first-order valence-electron chi connectivity index (χ1n) is 7.93. The predicted molar refractivity (Wildman–Crippen MR) is 95.2 cm³/mol. The average molecular weight is 311 g/mol. The standard InChI is InChI=1S/C20H25NO2/c1-6-21(17-9-7-8-15(2)14-17)19(22)20(3,4)16-10-12-18(23-5)13-11-16/h7-14H,6H2,1-5H3. The zero-order valence-electron chi connectivity index (χ0n) is 14.6. The van der Waals surface area contributed by atoms with Crippen LogP contribution in [-0.2, 0) is 10.2 Å². The maximum Gasteiger partial charge on any atom is 0.237 e. The zero-order valence-corrected chi connectivity index (χ0v) is 14.6. The summed E-state index contributed by atoms with van der Waals surface area (Å²) in [6.45, 7) is 8.62. The van der Waals surface area contributed by atoms with Gasteiger partial charge in [-0.2, -0.15) is 0 Å². The first kappa shape index (κ1) is 17.1. The molecule has 2 aromatic rings. The van der Waals surface area contributed by atoms with E-state index in [0.717, 1.165) is 22.6 Å². The lowest BCUT2D eigenvalue weighted by Crippen LogP contribution is -2.43. The zero-order chi connectivity index (χ0) is 17.0. The first-order valence-corrected chi connectivity index (χ1v) is 7.93. The highest BCUT2D eigenvalue weighted by Crippen LogP contribution is 2.29. The van der Waals surface area contributed by atoms with Gasteiger partial charge in [0.05, 0.1) is 12.5 Å². The van der Waals surface area contributed by atoms with Crippen molar-refractivity contribution >= 4 is 11.6 Å². The van der Waals surface area contributed by atoms with E-state index in [2.05, 4.69) is 0 Å². The normalized spacial score (nSPS) is 11.2. The molecule has 0 radical (unpaired) electrons. The Bertz CT molecular complexity index is 674. The number of carbonyl (C=O) groups is 1. The van der Waals surface area contributed by atoms with Crippen LogP contribution in [0.15, 0.2) is 48.5 Å². The van der Waals surface area contributed by atoms with Crippen molar-refractivity contribution in [2.45, 2.75) is 33.1 Å².